The summed E-state index contributed by atoms with van der Waals surface area (Å²) in [6.45, 7) is -0.167. The first-order chi connectivity index (χ1) is 14.5. The number of carbonyl (C=O) groups excluding carboxylic acids is 1. The number of aliphatic imine (C=N–C) groups is 1. The molecule has 0 bridgehead atoms. The number of ether oxygens (including phenoxy) is 2. The Bertz CT molecular complexity index is 1010. The van der Waals surface area contributed by atoms with Crippen LogP contribution in [0.15, 0.2) is 35.5 Å². The molecule has 6 N–H and O–H groups in total. The zero-order chi connectivity index (χ0) is 22.8. The van der Waals surface area contributed by atoms with Gasteiger partial charge in [0.1, 0.15) is 12.4 Å². The van der Waals surface area contributed by atoms with Gasteiger partial charge in [-0.15, -0.1) is 4.99 Å². The first kappa shape index (κ1) is 22.4. The number of halogens is 2. The molecule has 1 aliphatic heterocycles. The average molecular weight is 433 g/mol. The number of hydrogen-bond donors (Lipinski definition) is 4. The lowest BCUT2D eigenvalue weighted by molar-refractivity contribution is -0.297. The van der Waals surface area contributed by atoms with Gasteiger partial charge in [-0.1, -0.05) is 18.2 Å². The van der Waals surface area contributed by atoms with Crippen LogP contribution >= 0.6 is 0 Å². The molecule has 0 aliphatic carbocycles. The van der Waals surface area contributed by atoms with Crippen molar-refractivity contribution in [1.29, 1.82) is 0 Å². The van der Waals surface area contributed by atoms with Crippen molar-refractivity contribution in [2.45, 2.75) is 18.6 Å². The highest BCUT2D eigenvalue weighted by Crippen LogP contribution is 2.30. The topological polar surface area (TPSA) is 157 Å². The van der Waals surface area contributed by atoms with Gasteiger partial charge in [-0.2, -0.15) is 0 Å². The molecule has 31 heavy (non-hydrogen) atoms. The van der Waals surface area contributed by atoms with Gasteiger partial charge < -0.3 is 36.1 Å². The second kappa shape index (κ2) is 8.84. The summed E-state index contributed by atoms with van der Waals surface area (Å²) in [6.07, 6.45) is -0.407. The molecule has 3 rings (SSSR count). The van der Waals surface area contributed by atoms with Gasteiger partial charge in [0, 0.05) is 36.0 Å². The number of aliphatic hydroxyl groups is 2. The molecular weight excluding hydrogens is 415 g/mol. The van der Waals surface area contributed by atoms with E-state index in [2.05, 4.69) is 9.98 Å². The van der Waals surface area contributed by atoms with Crippen molar-refractivity contribution in [1.82, 2.24) is 4.98 Å². The number of nitrogens with two attached hydrogens (primary N) is 2. The predicted molar refractivity (Wildman–Crippen MR) is 106 cm³/mol. The van der Waals surface area contributed by atoms with Crippen molar-refractivity contribution in [3.05, 3.63) is 47.7 Å². The van der Waals surface area contributed by atoms with Crippen LogP contribution in [0.3, 0.4) is 0 Å². The second-order valence-corrected chi connectivity index (χ2v) is 6.70. The molecule has 2 heterocycles. The lowest BCUT2D eigenvalue weighted by Gasteiger charge is -2.41. The van der Waals surface area contributed by atoms with Gasteiger partial charge in [0.15, 0.2) is 25.4 Å². The average Bonchev–Trinajstić information content (AvgIpc) is 2.62. The van der Waals surface area contributed by atoms with Gasteiger partial charge in [-0.05, 0) is 6.07 Å². The highest BCUT2D eigenvalue weighted by molar-refractivity contribution is 6.11. The molecule has 1 aromatic heterocycles. The Morgan fingerprint density at radius 2 is 2.06 bits per heavy atom. The third-order valence-corrected chi connectivity index (χ3v) is 4.27. The molecule has 1 fully saturated rings. The Labute approximate surface area is 176 Å². The number of rotatable bonds is 6. The van der Waals surface area contributed by atoms with Crippen LogP contribution in [0.5, 0.6) is 0 Å². The van der Waals surface area contributed by atoms with E-state index in [9.17, 15) is 13.6 Å². The first-order valence-corrected chi connectivity index (χ1v) is 8.89. The van der Waals surface area contributed by atoms with E-state index < -0.39 is 42.3 Å². The molecule has 1 aromatic carbocycles. The molecule has 162 valence electrons. The summed E-state index contributed by atoms with van der Waals surface area (Å²) < 4.78 is 38.9. The Balaban J connectivity index is 1.72. The van der Waals surface area contributed by atoms with Crippen LogP contribution in [0.1, 0.15) is 5.56 Å². The maximum absolute atomic E-state index is 14.8. The third kappa shape index (κ3) is 5.66. The van der Waals surface area contributed by atoms with Crippen LogP contribution in [0, 0.1) is 11.6 Å². The second-order valence-electron chi connectivity index (χ2n) is 6.70. The molecule has 13 heteroatoms. The fraction of sp³-hybridized carbons (Fsp3) is 0.278. The van der Waals surface area contributed by atoms with Crippen LogP contribution in [0.4, 0.5) is 19.4 Å². The van der Waals surface area contributed by atoms with Crippen molar-refractivity contribution in [2.24, 2.45) is 16.5 Å². The highest BCUT2D eigenvalue weighted by atomic mass is 19.1. The Morgan fingerprint density at radius 1 is 1.35 bits per heavy atom. The zero-order valence-corrected chi connectivity index (χ0v) is 16.0. The van der Waals surface area contributed by atoms with Crippen LogP contribution in [-0.4, -0.2) is 60.2 Å². The van der Waals surface area contributed by atoms with Crippen molar-refractivity contribution < 1.29 is 33.3 Å². The van der Waals surface area contributed by atoms with E-state index in [1.165, 1.54) is 29.3 Å². The number of aromatic nitrogens is 1. The summed E-state index contributed by atoms with van der Waals surface area (Å²) in [6, 6.07) is 5.42. The summed E-state index contributed by atoms with van der Waals surface area (Å²) in [4.78, 5) is 20.1. The third-order valence-electron chi connectivity index (χ3n) is 4.27. The Morgan fingerprint density at radius 3 is 2.68 bits per heavy atom. The molecule has 10 nitrogen and oxygen atoms in total. The van der Waals surface area contributed by atoms with E-state index in [1.807, 2.05) is 0 Å². The van der Waals surface area contributed by atoms with Gasteiger partial charge in [0.2, 0.25) is 5.87 Å². The minimum absolute atomic E-state index is 0.00942. The van der Waals surface area contributed by atoms with E-state index in [0.717, 1.165) is 6.07 Å². The lowest BCUT2D eigenvalue weighted by Crippen LogP contribution is -2.56. The highest BCUT2D eigenvalue weighted by Gasteiger charge is 2.34. The Kier molecular flexibility index (Phi) is 6.38. The minimum atomic E-state index is -2.77. The van der Waals surface area contributed by atoms with Gasteiger partial charge >= 0.3 is 6.09 Å². The first-order valence-electron chi connectivity index (χ1n) is 8.89. The number of guanidine groups is 1. The quantitative estimate of drug-likeness (QED) is 0.212. The number of hydrogen-bond acceptors (Lipinski definition) is 7. The maximum Gasteiger partial charge on any atom is 0.437 e. The monoisotopic (exact) mass is 433 g/mol. The van der Waals surface area contributed by atoms with Gasteiger partial charge in [0.25, 0.3) is 0 Å². The summed E-state index contributed by atoms with van der Waals surface area (Å²) in [5.41, 5.74) is 10.4. The van der Waals surface area contributed by atoms with E-state index in [-0.39, 0.29) is 35.6 Å². The minimum Gasteiger partial charge on any atom is -0.443 e. The normalized spacial score (nSPS) is 14.1. The molecule has 1 amide bonds. The van der Waals surface area contributed by atoms with E-state index in [0.29, 0.717) is 0 Å². The number of carbonyl (C=O) groups is 1. The molecule has 1 aliphatic rings. The predicted octanol–water partition coefficient (Wildman–Crippen LogP) is -0.0936. The lowest BCUT2D eigenvalue weighted by atomic mass is 10.0. The number of nitrogens with zero attached hydrogens (tertiary/aromatic N) is 3. The van der Waals surface area contributed by atoms with Crippen molar-refractivity contribution >= 4 is 25.7 Å². The summed E-state index contributed by atoms with van der Waals surface area (Å²) in [5, 5.41) is 18.0. The standard InChI is InChI=1S/C18H18BF2N5O5/c19-18(28,29)31-11-6-26(7-11)15-13(20)4-10(5-24-15)12-3-1-2-9(14(12)21)8-30-17(27)25-16(22)23/h1-5,11,28-29H,6-8H2,(H4,22,23,25,27). The van der Waals surface area contributed by atoms with Crippen molar-refractivity contribution in [3.8, 4) is 11.1 Å². The number of pyridine rings is 1. The summed E-state index contributed by atoms with van der Waals surface area (Å²) in [5.74, 6) is -4.71. The fourth-order valence-electron chi connectivity index (χ4n) is 2.93. The van der Waals surface area contributed by atoms with Crippen LogP contribution < -0.4 is 16.4 Å². The smallest absolute Gasteiger partial charge is 0.437 e. The van der Waals surface area contributed by atoms with Gasteiger partial charge in [0.05, 0.1) is 6.10 Å². The van der Waals surface area contributed by atoms with E-state index in [4.69, 9.17) is 39.0 Å². The molecular formula is C18H18BF2N5O5. The summed E-state index contributed by atoms with van der Waals surface area (Å²) in [7, 11) is 4.93. The molecule has 2 radical (unpaired) electrons. The largest absolute Gasteiger partial charge is 0.443 e. The SMILES string of the molecule is [B]C(O)(O)OC1CN(c2ncc(-c3cccc(COC(=O)N=C(N)N)c3F)cc2F)C1. The maximum atomic E-state index is 14.8. The van der Waals surface area contributed by atoms with E-state index >= 15 is 0 Å². The molecule has 1 saturated heterocycles. The molecule has 0 spiro atoms. The molecule has 0 atom stereocenters. The van der Waals surface area contributed by atoms with Crippen molar-refractivity contribution in [3.63, 3.8) is 0 Å². The fourth-order valence-corrected chi connectivity index (χ4v) is 2.93. The number of benzene rings is 1. The van der Waals surface area contributed by atoms with Crippen LogP contribution in [0.25, 0.3) is 11.1 Å². The van der Waals surface area contributed by atoms with Gasteiger partial charge in [-0.3, -0.25) is 0 Å². The molecule has 2 aromatic rings. The zero-order valence-electron chi connectivity index (χ0n) is 16.0. The number of anilines is 1. The van der Waals surface area contributed by atoms with Gasteiger partial charge in [-0.25, -0.2) is 18.6 Å². The molecule has 0 saturated carbocycles. The number of amides is 1. The van der Waals surface area contributed by atoms with Crippen LogP contribution in [-0.2, 0) is 16.1 Å². The van der Waals surface area contributed by atoms with E-state index in [1.54, 1.807) is 0 Å². The van der Waals surface area contributed by atoms with Crippen molar-refractivity contribution in [2.75, 3.05) is 18.0 Å². The Hall–Kier alpha value is -3.29. The summed E-state index contributed by atoms with van der Waals surface area (Å²) >= 11 is 0. The van der Waals surface area contributed by atoms with Crippen LogP contribution in [0.2, 0.25) is 0 Å². The molecule has 0 unspecified atom stereocenters.